The Kier molecular flexibility index (Phi) is 5.98. The number of hydrogen-bond donors (Lipinski definition) is 2. The predicted molar refractivity (Wildman–Crippen MR) is 87.8 cm³/mol. The Morgan fingerprint density at radius 3 is 2.00 bits per heavy atom. The summed E-state index contributed by atoms with van der Waals surface area (Å²) in [6.07, 6.45) is 0. The van der Waals surface area contributed by atoms with Gasteiger partial charge in [-0.1, -0.05) is 60.7 Å². The Bertz CT molecular complexity index is 533. The summed E-state index contributed by atoms with van der Waals surface area (Å²) in [5.74, 6) is 0.105. The lowest BCUT2D eigenvalue weighted by atomic mass is 9.91. The van der Waals surface area contributed by atoms with Crippen LogP contribution in [0.3, 0.4) is 0 Å². The van der Waals surface area contributed by atoms with Crippen molar-refractivity contribution in [1.82, 2.24) is 10.2 Å². The fourth-order valence-corrected chi connectivity index (χ4v) is 2.37. The number of carbonyl (C=O) groups is 1. The molecule has 0 atom stereocenters. The Balaban J connectivity index is 2.11. The molecule has 0 aromatic heterocycles. The predicted octanol–water partition coefficient (Wildman–Crippen LogP) is 2.45. The third-order valence-electron chi connectivity index (χ3n) is 3.64. The number of nitrogens with zero attached hydrogens (tertiary/aromatic N) is 1. The Morgan fingerprint density at radius 2 is 1.55 bits per heavy atom. The average molecular weight is 298 g/mol. The molecule has 0 saturated heterocycles. The summed E-state index contributed by atoms with van der Waals surface area (Å²) in [5.41, 5.74) is 2.33. The van der Waals surface area contributed by atoms with Crippen molar-refractivity contribution in [3.63, 3.8) is 0 Å². The first-order valence-corrected chi connectivity index (χ1v) is 7.42. The fourth-order valence-electron chi connectivity index (χ4n) is 2.37. The second-order valence-corrected chi connectivity index (χ2v) is 5.21. The van der Waals surface area contributed by atoms with Crippen LogP contribution < -0.4 is 5.32 Å². The standard InChI is InChI=1S/C18H22N2O2/c1-20(12-13-21)18(22)19-14-17(15-8-4-2-5-9-15)16-10-6-3-7-11-16/h2-11,17,21H,12-14H2,1H3,(H,19,22). The summed E-state index contributed by atoms with van der Waals surface area (Å²) in [6, 6.07) is 20.1. The largest absolute Gasteiger partial charge is 0.395 e. The molecule has 0 bridgehead atoms. The van der Waals surface area contributed by atoms with E-state index in [1.165, 1.54) is 16.0 Å². The summed E-state index contributed by atoms with van der Waals surface area (Å²) in [6.45, 7) is 0.806. The highest BCUT2D eigenvalue weighted by atomic mass is 16.3. The highest BCUT2D eigenvalue weighted by molar-refractivity contribution is 5.74. The maximum absolute atomic E-state index is 12.0. The first-order chi connectivity index (χ1) is 10.7. The zero-order valence-electron chi connectivity index (χ0n) is 12.8. The minimum atomic E-state index is -0.175. The van der Waals surface area contributed by atoms with Crippen molar-refractivity contribution in [1.29, 1.82) is 0 Å². The van der Waals surface area contributed by atoms with E-state index in [4.69, 9.17) is 5.11 Å². The van der Waals surface area contributed by atoms with Gasteiger partial charge in [0.15, 0.2) is 0 Å². The molecule has 2 aromatic carbocycles. The van der Waals surface area contributed by atoms with Crippen molar-refractivity contribution >= 4 is 6.03 Å². The smallest absolute Gasteiger partial charge is 0.317 e. The van der Waals surface area contributed by atoms with Crippen LogP contribution in [0.1, 0.15) is 17.0 Å². The molecule has 2 aromatic rings. The molecular weight excluding hydrogens is 276 g/mol. The number of aliphatic hydroxyl groups is 1. The zero-order chi connectivity index (χ0) is 15.8. The van der Waals surface area contributed by atoms with Gasteiger partial charge in [0, 0.05) is 26.1 Å². The molecule has 22 heavy (non-hydrogen) atoms. The number of urea groups is 1. The van der Waals surface area contributed by atoms with Crippen LogP contribution >= 0.6 is 0 Å². The molecule has 0 aliphatic heterocycles. The maximum atomic E-state index is 12.0. The second kappa shape index (κ2) is 8.20. The van der Waals surface area contributed by atoms with Gasteiger partial charge in [-0.15, -0.1) is 0 Å². The van der Waals surface area contributed by atoms with Crippen LogP contribution in [0.15, 0.2) is 60.7 Å². The number of likely N-dealkylation sites (N-methyl/N-ethyl adjacent to an activating group) is 1. The van der Waals surface area contributed by atoms with Crippen LogP contribution in [0, 0.1) is 0 Å². The van der Waals surface area contributed by atoms with Gasteiger partial charge < -0.3 is 15.3 Å². The lowest BCUT2D eigenvalue weighted by Crippen LogP contribution is -2.40. The molecule has 0 radical (unpaired) electrons. The molecule has 0 aliphatic rings. The normalized spacial score (nSPS) is 10.5. The molecule has 2 amide bonds. The Labute approximate surface area is 131 Å². The van der Waals surface area contributed by atoms with E-state index in [1.54, 1.807) is 7.05 Å². The molecule has 2 rings (SSSR count). The van der Waals surface area contributed by atoms with Crippen LogP contribution in [0.5, 0.6) is 0 Å². The number of benzene rings is 2. The molecule has 0 heterocycles. The molecule has 0 spiro atoms. The highest BCUT2D eigenvalue weighted by Gasteiger charge is 2.16. The van der Waals surface area contributed by atoms with Crippen molar-refractivity contribution in [3.8, 4) is 0 Å². The SMILES string of the molecule is CN(CCO)C(=O)NCC(c1ccccc1)c1ccccc1. The van der Waals surface area contributed by atoms with E-state index in [-0.39, 0.29) is 18.6 Å². The van der Waals surface area contributed by atoms with Crippen LogP contribution in [0.4, 0.5) is 4.79 Å². The molecule has 0 fully saturated rings. The van der Waals surface area contributed by atoms with Gasteiger partial charge in [0.2, 0.25) is 0 Å². The summed E-state index contributed by atoms with van der Waals surface area (Å²) in [5, 5.41) is 11.8. The number of hydrogen-bond acceptors (Lipinski definition) is 2. The molecule has 116 valence electrons. The van der Waals surface area contributed by atoms with E-state index < -0.39 is 0 Å². The summed E-state index contributed by atoms with van der Waals surface area (Å²) in [7, 11) is 1.67. The Hall–Kier alpha value is -2.33. The zero-order valence-corrected chi connectivity index (χ0v) is 12.8. The topological polar surface area (TPSA) is 52.6 Å². The van der Waals surface area contributed by atoms with Crippen LogP contribution in [0.25, 0.3) is 0 Å². The van der Waals surface area contributed by atoms with Crippen LogP contribution in [0.2, 0.25) is 0 Å². The number of amides is 2. The van der Waals surface area contributed by atoms with E-state index >= 15 is 0 Å². The van der Waals surface area contributed by atoms with Gasteiger partial charge in [-0.3, -0.25) is 0 Å². The summed E-state index contributed by atoms with van der Waals surface area (Å²) >= 11 is 0. The van der Waals surface area contributed by atoms with Gasteiger partial charge in [0.05, 0.1) is 6.61 Å². The van der Waals surface area contributed by atoms with E-state index in [1.807, 2.05) is 36.4 Å². The average Bonchev–Trinajstić information content (AvgIpc) is 2.57. The minimum absolute atomic E-state index is 0.0370. The van der Waals surface area contributed by atoms with Gasteiger partial charge >= 0.3 is 6.03 Å². The highest BCUT2D eigenvalue weighted by Crippen LogP contribution is 2.23. The van der Waals surface area contributed by atoms with Gasteiger partial charge in [-0.05, 0) is 11.1 Å². The number of rotatable bonds is 6. The number of aliphatic hydroxyl groups excluding tert-OH is 1. The monoisotopic (exact) mass is 298 g/mol. The van der Waals surface area contributed by atoms with Crippen molar-refractivity contribution in [2.75, 3.05) is 26.7 Å². The maximum Gasteiger partial charge on any atom is 0.317 e. The molecule has 4 nitrogen and oxygen atoms in total. The van der Waals surface area contributed by atoms with Crippen molar-refractivity contribution in [2.45, 2.75) is 5.92 Å². The Morgan fingerprint density at radius 1 is 1.05 bits per heavy atom. The molecule has 0 aliphatic carbocycles. The van der Waals surface area contributed by atoms with Crippen molar-refractivity contribution in [3.05, 3.63) is 71.8 Å². The minimum Gasteiger partial charge on any atom is -0.395 e. The van der Waals surface area contributed by atoms with E-state index in [2.05, 4.69) is 29.6 Å². The van der Waals surface area contributed by atoms with Gasteiger partial charge in [0.1, 0.15) is 0 Å². The van der Waals surface area contributed by atoms with Crippen LogP contribution in [-0.2, 0) is 0 Å². The molecule has 0 unspecified atom stereocenters. The van der Waals surface area contributed by atoms with E-state index in [0.717, 1.165) is 0 Å². The van der Waals surface area contributed by atoms with Crippen molar-refractivity contribution in [2.24, 2.45) is 0 Å². The van der Waals surface area contributed by atoms with E-state index in [9.17, 15) is 4.79 Å². The fraction of sp³-hybridized carbons (Fsp3) is 0.278. The number of carbonyl (C=O) groups excluding carboxylic acids is 1. The van der Waals surface area contributed by atoms with Crippen molar-refractivity contribution < 1.29 is 9.90 Å². The lowest BCUT2D eigenvalue weighted by molar-refractivity contribution is 0.190. The van der Waals surface area contributed by atoms with Crippen LogP contribution in [-0.4, -0.2) is 42.8 Å². The third kappa shape index (κ3) is 4.33. The molecule has 4 heteroatoms. The van der Waals surface area contributed by atoms with Gasteiger partial charge in [-0.2, -0.15) is 0 Å². The second-order valence-electron chi connectivity index (χ2n) is 5.21. The number of nitrogens with one attached hydrogen (secondary N) is 1. The lowest BCUT2D eigenvalue weighted by Gasteiger charge is -2.22. The first-order valence-electron chi connectivity index (χ1n) is 7.42. The molecular formula is C18H22N2O2. The molecule has 2 N–H and O–H groups in total. The summed E-state index contributed by atoms with van der Waals surface area (Å²) < 4.78 is 0. The summed E-state index contributed by atoms with van der Waals surface area (Å²) in [4.78, 5) is 13.5. The molecule has 0 saturated carbocycles. The quantitative estimate of drug-likeness (QED) is 0.860. The van der Waals surface area contributed by atoms with E-state index in [0.29, 0.717) is 13.1 Å². The third-order valence-corrected chi connectivity index (χ3v) is 3.64. The van der Waals surface area contributed by atoms with Gasteiger partial charge in [-0.25, -0.2) is 4.79 Å². The first kappa shape index (κ1) is 16.0. The van der Waals surface area contributed by atoms with Gasteiger partial charge in [0.25, 0.3) is 0 Å².